The zero-order chi connectivity index (χ0) is 21.0. The Balaban J connectivity index is 1.64. The minimum absolute atomic E-state index is 0.000518. The van der Waals surface area contributed by atoms with Gasteiger partial charge in [-0.3, -0.25) is 4.79 Å². The Morgan fingerprint density at radius 2 is 1.90 bits per heavy atom. The molecule has 1 aliphatic rings. The lowest BCUT2D eigenvalue weighted by Crippen LogP contribution is -2.44. The average molecular weight is 495 g/mol. The van der Waals surface area contributed by atoms with Crippen molar-refractivity contribution in [1.29, 1.82) is 0 Å². The summed E-state index contributed by atoms with van der Waals surface area (Å²) in [7, 11) is -3.51. The van der Waals surface area contributed by atoms with Crippen LogP contribution in [0, 0.1) is 25.2 Å². The molecule has 1 saturated heterocycles. The molecule has 0 atom stereocenters. The van der Waals surface area contributed by atoms with Gasteiger partial charge in [-0.2, -0.15) is 4.31 Å². The molecule has 0 unspecified atom stereocenters. The molecule has 0 radical (unpaired) electrons. The molecular formula is C21H23BrN2O3S2. The molecule has 0 N–H and O–H groups in total. The van der Waals surface area contributed by atoms with Gasteiger partial charge in [0.1, 0.15) is 4.21 Å². The Labute approximate surface area is 184 Å². The third-order valence-electron chi connectivity index (χ3n) is 5.03. The fraction of sp³-hybridized carbons (Fsp3) is 0.381. The highest BCUT2D eigenvalue weighted by Crippen LogP contribution is 2.31. The van der Waals surface area contributed by atoms with Crippen LogP contribution in [0.5, 0.6) is 0 Å². The molecular weight excluding hydrogens is 472 g/mol. The van der Waals surface area contributed by atoms with Crippen molar-refractivity contribution in [1.82, 2.24) is 9.21 Å². The standard InChI is InChI=1S/C21H23BrN2O3S2/c1-3-12-23(15-17-6-4-16(2)5-7-17)21(25)18-10-13-24(14-11-18)29(26,27)20-9-8-19(22)28-20/h1,4-9,18H,10-15H2,2H3. The van der Waals surface area contributed by atoms with Crippen LogP contribution < -0.4 is 0 Å². The SMILES string of the molecule is C#CCN(Cc1ccc(C)cc1)C(=O)C1CCN(S(=O)(=O)c2ccc(Br)s2)CC1. The van der Waals surface area contributed by atoms with E-state index >= 15 is 0 Å². The smallest absolute Gasteiger partial charge is 0.252 e. The third kappa shape index (κ3) is 5.28. The maximum Gasteiger partial charge on any atom is 0.252 e. The Morgan fingerprint density at radius 3 is 2.45 bits per heavy atom. The number of thiophene rings is 1. The molecule has 0 aliphatic carbocycles. The highest BCUT2D eigenvalue weighted by molar-refractivity contribution is 9.11. The van der Waals surface area contributed by atoms with Crippen LogP contribution in [0.2, 0.25) is 0 Å². The predicted octanol–water partition coefficient (Wildman–Crippen LogP) is 3.88. The van der Waals surface area contributed by atoms with Crippen molar-refractivity contribution in [2.45, 2.75) is 30.5 Å². The maximum absolute atomic E-state index is 13.0. The predicted molar refractivity (Wildman–Crippen MR) is 119 cm³/mol. The van der Waals surface area contributed by atoms with Crippen molar-refractivity contribution in [3.05, 3.63) is 51.3 Å². The topological polar surface area (TPSA) is 57.7 Å². The van der Waals surface area contributed by atoms with E-state index in [-0.39, 0.29) is 18.4 Å². The first kappa shape index (κ1) is 22.0. The molecule has 2 aromatic rings. The summed E-state index contributed by atoms with van der Waals surface area (Å²) in [4.78, 5) is 14.7. The van der Waals surface area contributed by atoms with E-state index in [2.05, 4.69) is 21.9 Å². The first-order chi connectivity index (χ1) is 13.8. The molecule has 0 spiro atoms. The lowest BCUT2D eigenvalue weighted by molar-refractivity contribution is -0.136. The molecule has 3 rings (SSSR count). The molecule has 1 amide bonds. The zero-order valence-electron chi connectivity index (χ0n) is 16.2. The number of aryl methyl sites for hydroxylation is 1. The summed E-state index contributed by atoms with van der Waals surface area (Å²) in [6.45, 7) is 3.40. The Morgan fingerprint density at radius 1 is 1.24 bits per heavy atom. The van der Waals surface area contributed by atoms with Gasteiger partial charge in [0.05, 0.1) is 10.3 Å². The van der Waals surface area contributed by atoms with Gasteiger partial charge in [-0.1, -0.05) is 35.7 Å². The summed E-state index contributed by atoms with van der Waals surface area (Å²) < 4.78 is 28.1. The number of carbonyl (C=O) groups excluding carboxylic acids is 1. The van der Waals surface area contributed by atoms with E-state index in [1.54, 1.807) is 17.0 Å². The minimum atomic E-state index is -3.51. The van der Waals surface area contributed by atoms with Crippen LogP contribution in [-0.4, -0.2) is 43.2 Å². The maximum atomic E-state index is 13.0. The number of carbonyl (C=O) groups is 1. The van der Waals surface area contributed by atoms with Gasteiger partial charge >= 0.3 is 0 Å². The Kier molecular flexibility index (Phi) is 7.17. The number of amides is 1. The lowest BCUT2D eigenvalue weighted by Gasteiger charge is -2.33. The molecule has 2 heterocycles. The summed E-state index contributed by atoms with van der Waals surface area (Å²) in [5, 5.41) is 0. The number of terminal acetylenes is 1. The summed E-state index contributed by atoms with van der Waals surface area (Å²) in [5.41, 5.74) is 2.19. The van der Waals surface area contributed by atoms with E-state index in [1.165, 1.54) is 15.6 Å². The van der Waals surface area contributed by atoms with Gasteiger partial charge < -0.3 is 4.90 Å². The largest absolute Gasteiger partial charge is 0.327 e. The van der Waals surface area contributed by atoms with Gasteiger partial charge in [0.15, 0.2) is 0 Å². The molecule has 1 fully saturated rings. The lowest BCUT2D eigenvalue weighted by atomic mass is 9.96. The first-order valence-electron chi connectivity index (χ1n) is 9.34. The van der Waals surface area contributed by atoms with Crippen LogP contribution >= 0.6 is 27.3 Å². The summed E-state index contributed by atoms with van der Waals surface area (Å²) in [6, 6.07) is 11.4. The second-order valence-electron chi connectivity index (χ2n) is 7.12. The summed E-state index contributed by atoms with van der Waals surface area (Å²) >= 11 is 4.51. The molecule has 8 heteroatoms. The second kappa shape index (κ2) is 9.43. The summed E-state index contributed by atoms with van der Waals surface area (Å²) in [5.74, 6) is 2.36. The molecule has 154 valence electrons. The van der Waals surface area contributed by atoms with Crippen molar-refractivity contribution in [2.24, 2.45) is 5.92 Å². The number of piperidine rings is 1. The first-order valence-corrected chi connectivity index (χ1v) is 12.4. The highest BCUT2D eigenvalue weighted by atomic mass is 79.9. The molecule has 0 bridgehead atoms. The van der Waals surface area contributed by atoms with Gasteiger partial charge in [0.25, 0.3) is 10.0 Å². The molecule has 29 heavy (non-hydrogen) atoms. The van der Waals surface area contributed by atoms with E-state index in [4.69, 9.17) is 6.42 Å². The monoisotopic (exact) mass is 494 g/mol. The van der Waals surface area contributed by atoms with Crippen LogP contribution in [0.25, 0.3) is 0 Å². The quantitative estimate of drug-likeness (QED) is 0.572. The second-order valence-corrected chi connectivity index (χ2v) is 11.7. The zero-order valence-corrected chi connectivity index (χ0v) is 19.4. The van der Waals surface area contributed by atoms with Crippen molar-refractivity contribution in [2.75, 3.05) is 19.6 Å². The number of nitrogens with zero attached hydrogens (tertiary/aromatic N) is 2. The van der Waals surface area contributed by atoms with E-state index < -0.39 is 10.0 Å². The van der Waals surface area contributed by atoms with Crippen molar-refractivity contribution in [3.8, 4) is 12.3 Å². The molecule has 0 saturated carbocycles. The van der Waals surface area contributed by atoms with Crippen LogP contribution in [0.3, 0.4) is 0 Å². The van der Waals surface area contributed by atoms with Gasteiger partial charge in [-0.05, 0) is 53.4 Å². The molecule has 1 aromatic heterocycles. The number of hydrogen-bond acceptors (Lipinski definition) is 4. The van der Waals surface area contributed by atoms with E-state index in [9.17, 15) is 13.2 Å². The van der Waals surface area contributed by atoms with Gasteiger partial charge in [-0.15, -0.1) is 17.8 Å². The van der Waals surface area contributed by atoms with Crippen molar-refractivity contribution >= 4 is 43.2 Å². The van der Waals surface area contributed by atoms with E-state index in [0.29, 0.717) is 36.7 Å². The highest BCUT2D eigenvalue weighted by Gasteiger charge is 2.34. The fourth-order valence-corrected chi connectivity index (χ4v) is 7.03. The molecule has 5 nitrogen and oxygen atoms in total. The number of hydrogen-bond donors (Lipinski definition) is 0. The van der Waals surface area contributed by atoms with Crippen molar-refractivity contribution < 1.29 is 13.2 Å². The van der Waals surface area contributed by atoms with E-state index in [1.807, 2.05) is 31.2 Å². The summed E-state index contributed by atoms with van der Waals surface area (Å²) in [6.07, 6.45) is 6.49. The molecule has 1 aliphatic heterocycles. The average Bonchev–Trinajstić information content (AvgIpc) is 3.16. The Bertz CT molecular complexity index is 1000. The normalized spacial score (nSPS) is 15.8. The number of sulfonamides is 1. The fourth-order valence-electron chi connectivity index (χ4n) is 3.40. The van der Waals surface area contributed by atoms with Gasteiger partial charge in [0.2, 0.25) is 5.91 Å². The number of rotatable bonds is 6. The van der Waals surface area contributed by atoms with E-state index in [0.717, 1.165) is 14.9 Å². The van der Waals surface area contributed by atoms with Crippen LogP contribution in [0.1, 0.15) is 24.0 Å². The van der Waals surface area contributed by atoms with Gasteiger partial charge in [0, 0.05) is 25.6 Å². The number of benzene rings is 1. The van der Waals surface area contributed by atoms with Crippen LogP contribution in [0.15, 0.2) is 44.4 Å². The van der Waals surface area contributed by atoms with Gasteiger partial charge in [-0.25, -0.2) is 8.42 Å². The molecule has 1 aromatic carbocycles. The Hall–Kier alpha value is -1.66. The van der Waals surface area contributed by atoms with Crippen molar-refractivity contribution in [3.63, 3.8) is 0 Å². The minimum Gasteiger partial charge on any atom is -0.327 e. The number of halogens is 1. The third-order valence-corrected chi connectivity index (χ3v) is 9.02. The van der Waals surface area contributed by atoms with Crippen LogP contribution in [0.4, 0.5) is 0 Å². The van der Waals surface area contributed by atoms with Crippen LogP contribution in [-0.2, 0) is 21.4 Å².